The van der Waals surface area contributed by atoms with Crippen LogP contribution in [-0.2, 0) is 11.2 Å². The Hall–Kier alpha value is -2.83. The van der Waals surface area contributed by atoms with Gasteiger partial charge >= 0.3 is 0 Å². The zero-order chi connectivity index (χ0) is 22.5. The SMILES string of the molecule is CCc1ccccc1Nc1cc(-c2cccnc2)nc(C2CCN(C3CCOCC3)CC2)n1. The van der Waals surface area contributed by atoms with Crippen LogP contribution in [0.1, 0.15) is 49.9 Å². The summed E-state index contributed by atoms with van der Waals surface area (Å²) in [5.41, 5.74) is 4.34. The molecule has 0 aliphatic carbocycles. The topological polar surface area (TPSA) is 63.2 Å². The van der Waals surface area contributed by atoms with Gasteiger partial charge in [0.05, 0.1) is 5.69 Å². The van der Waals surface area contributed by atoms with Crippen molar-refractivity contribution in [1.29, 1.82) is 0 Å². The van der Waals surface area contributed by atoms with Crippen LogP contribution < -0.4 is 5.32 Å². The third-order valence-corrected chi connectivity index (χ3v) is 6.96. The number of anilines is 2. The number of piperidine rings is 1. The van der Waals surface area contributed by atoms with E-state index in [9.17, 15) is 0 Å². The molecule has 2 aliphatic heterocycles. The van der Waals surface area contributed by atoms with E-state index in [0.29, 0.717) is 12.0 Å². The summed E-state index contributed by atoms with van der Waals surface area (Å²) in [6.45, 7) is 6.19. The molecule has 172 valence electrons. The minimum Gasteiger partial charge on any atom is -0.381 e. The Morgan fingerprint density at radius 3 is 2.58 bits per heavy atom. The van der Waals surface area contributed by atoms with E-state index in [1.807, 2.05) is 18.3 Å². The van der Waals surface area contributed by atoms with E-state index in [-0.39, 0.29) is 0 Å². The first kappa shape index (κ1) is 22.0. The number of aryl methyl sites for hydroxylation is 1. The molecule has 0 spiro atoms. The average molecular weight is 444 g/mol. The Bertz CT molecular complexity index is 1040. The van der Waals surface area contributed by atoms with E-state index in [4.69, 9.17) is 14.7 Å². The highest BCUT2D eigenvalue weighted by molar-refractivity contribution is 5.66. The molecule has 0 bridgehead atoms. The Morgan fingerprint density at radius 2 is 1.82 bits per heavy atom. The molecular weight excluding hydrogens is 410 g/mol. The molecular formula is C27H33N5O. The Morgan fingerprint density at radius 1 is 1.00 bits per heavy atom. The van der Waals surface area contributed by atoms with E-state index in [1.54, 1.807) is 6.20 Å². The number of nitrogens with zero attached hydrogens (tertiary/aromatic N) is 4. The molecule has 33 heavy (non-hydrogen) atoms. The molecule has 1 N–H and O–H groups in total. The van der Waals surface area contributed by atoms with Crippen molar-refractivity contribution in [3.63, 3.8) is 0 Å². The molecule has 6 nitrogen and oxygen atoms in total. The molecule has 0 amide bonds. The van der Waals surface area contributed by atoms with Crippen molar-refractivity contribution in [3.8, 4) is 11.3 Å². The minimum atomic E-state index is 0.375. The van der Waals surface area contributed by atoms with Crippen molar-refractivity contribution < 1.29 is 4.74 Å². The normalized spacial score (nSPS) is 18.3. The predicted octanol–water partition coefficient (Wildman–Crippen LogP) is 5.20. The summed E-state index contributed by atoms with van der Waals surface area (Å²) in [4.78, 5) is 17.0. The molecule has 0 saturated carbocycles. The lowest BCUT2D eigenvalue weighted by atomic mass is 9.93. The van der Waals surface area contributed by atoms with Crippen LogP contribution in [0.25, 0.3) is 11.3 Å². The van der Waals surface area contributed by atoms with Gasteiger partial charge in [-0.25, -0.2) is 9.97 Å². The van der Waals surface area contributed by atoms with Crippen molar-refractivity contribution in [1.82, 2.24) is 19.9 Å². The summed E-state index contributed by atoms with van der Waals surface area (Å²) in [6, 6.07) is 15.2. The minimum absolute atomic E-state index is 0.375. The highest BCUT2D eigenvalue weighted by Gasteiger charge is 2.28. The molecule has 4 heterocycles. The number of rotatable bonds is 6. The fraction of sp³-hybridized carbons (Fsp3) is 0.444. The molecule has 2 fully saturated rings. The van der Waals surface area contributed by atoms with Gasteiger partial charge < -0.3 is 15.0 Å². The number of likely N-dealkylation sites (tertiary alicyclic amines) is 1. The highest BCUT2D eigenvalue weighted by atomic mass is 16.5. The van der Waals surface area contributed by atoms with Gasteiger partial charge in [-0.15, -0.1) is 0 Å². The molecule has 3 aromatic rings. The lowest BCUT2D eigenvalue weighted by molar-refractivity contribution is 0.0248. The van der Waals surface area contributed by atoms with Crippen LogP contribution in [0.3, 0.4) is 0 Å². The first-order valence-electron chi connectivity index (χ1n) is 12.3. The van der Waals surface area contributed by atoms with Crippen LogP contribution in [0.2, 0.25) is 0 Å². The molecule has 5 rings (SSSR count). The number of ether oxygens (including phenoxy) is 1. The van der Waals surface area contributed by atoms with Gasteiger partial charge in [-0.1, -0.05) is 25.1 Å². The number of hydrogen-bond donors (Lipinski definition) is 1. The molecule has 1 aromatic carbocycles. The van der Waals surface area contributed by atoms with Crippen LogP contribution in [-0.4, -0.2) is 52.2 Å². The van der Waals surface area contributed by atoms with E-state index in [1.165, 1.54) is 5.56 Å². The number of hydrogen-bond acceptors (Lipinski definition) is 6. The largest absolute Gasteiger partial charge is 0.381 e. The fourth-order valence-electron chi connectivity index (χ4n) is 5.04. The van der Waals surface area contributed by atoms with Crippen LogP contribution in [0.4, 0.5) is 11.5 Å². The van der Waals surface area contributed by atoms with Crippen LogP contribution >= 0.6 is 0 Å². The second-order valence-corrected chi connectivity index (χ2v) is 9.03. The Kier molecular flexibility index (Phi) is 6.93. The maximum Gasteiger partial charge on any atom is 0.134 e. The molecule has 2 aromatic heterocycles. The number of benzene rings is 1. The Balaban J connectivity index is 1.40. The number of pyridine rings is 1. The average Bonchev–Trinajstić information content (AvgIpc) is 2.90. The van der Waals surface area contributed by atoms with Gasteiger partial charge in [0.15, 0.2) is 0 Å². The standard InChI is InChI=1S/C27H33N5O/c1-2-20-6-3-4-8-24(20)29-26-18-25(22-7-5-13-28-19-22)30-27(31-26)21-9-14-32(15-10-21)23-11-16-33-17-12-23/h3-8,13,18-19,21,23H,2,9-12,14-17H2,1H3,(H,29,30,31). The first-order valence-corrected chi connectivity index (χ1v) is 12.3. The van der Waals surface area contributed by atoms with Crippen LogP contribution in [0, 0.1) is 0 Å². The van der Waals surface area contributed by atoms with E-state index in [0.717, 1.165) is 87.0 Å². The van der Waals surface area contributed by atoms with E-state index >= 15 is 0 Å². The van der Waals surface area contributed by atoms with Gasteiger partial charge in [0.25, 0.3) is 0 Å². The van der Waals surface area contributed by atoms with Crippen molar-refractivity contribution >= 4 is 11.5 Å². The first-order chi connectivity index (χ1) is 16.3. The monoisotopic (exact) mass is 443 g/mol. The van der Waals surface area contributed by atoms with Crippen molar-refractivity contribution in [2.75, 3.05) is 31.6 Å². The maximum absolute atomic E-state index is 5.56. The third kappa shape index (κ3) is 5.23. The molecule has 0 radical (unpaired) electrons. The number of aromatic nitrogens is 3. The molecule has 0 atom stereocenters. The zero-order valence-corrected chi connectivity index (χ0v) is 19.4. The zero-order valence-electron chi connectivity index (χ0n) is 19.4. The molecule has 2 saturated heterocycles. The summed E-state index contributed by atoms with van der Waals surface area (Å²) in [7, 11) is 0. The number of nitrogens with one attached hydrogen (secondary N) is 1. The van der Waals surface area contributed by atoms with Crippen molar-refractivity contribution in [2.24, 2.45) is 0 Å². The van der Waals surface area contributed by atoms with Gasteiger partial charge in [-0.3, -0.25) is 4.98 Å². The summed E-state index contributed by atoms with van der Waals surface area (Å²) in [5.74, 6) is 2.17. The molecule has 6 heteroatoms. The van der Waals surface area contributed by atoms with E-state index in [2.05, 4.69) is 52.5 Å². The van der Waals surface area contributed by atoms with Crippen LogP contribution in [0.5, 0.6) is 0 Å². The number of para-hydroxylation sites is 1. The van der Waals surface area contributed by atoms with Gasteiger partial charge in [0.1, 0.15) is 11.6 Å². The molecule has 2 aliphatic rings. The lowest BCUT2D eigenvalue weighted by Gasteiger charge is -2.38. The van der Waals surface area contributed by atoms with Gasteiger partial charge in [0, 0.05) is 54.9 Å². The summed E-state index contributed by atoms with van der Waals surface area (Å²) >= 11 is 0. The lowest BCUT2D eigenvalue weighted by Crippen LogP contribution is -2.43. The quantitative estimate of drug-likeness (QED) is 0.565. The van der Waals surface area contributed by atoms with Crippen molar-refractivity contribution in [3.05, 3.63) is 66.2 Å². The van der Waals surface area contributed by atoms with Crippen molar-refractivity contribution in [2.45, 2.75) is 51.0 Å². The predicted molar refractivity (Wildman–Crippen MR) is 132 cm³/mol. The maximum atomic E-state index is 5.56. The molecule has 0 unspecified atom stereocenters. The van der Waals surface area contributed by atoms with Crippen LogP contribution in [0.15, 0.2) is 54.9 Å². The Labute approximate surface area is 196 Å². The fourth-order valence-corrected chi connectivity index (χ4v) is 5.04. The van der Waals surface area contributed by atoms with E-state index < -0.39 is 0 Å². The third-order valence-electron chi connectivity index (χ3n) is 6.96. The summed E-state index contributed by atoms with van der Waals surface area (Å²) in [5, 5.41) is 3.58. The highest BCUT2D eigenvalue weighted by Crippen LogP contribution is 2.32. The van der Waals surface area contributed by atoms with Gasteiger partial charge in [-0.05, 0) is 69.0 Å². The summed E-state index contributed by atoms with van der Waals surface area (Å²) < 4.78 is 5.56. The smallest absolute Gasteiger partial charge is 0.134 e. The second-order valence-electron chi connectivity index (χ2n) is 9.03. The van der Waals surface area contributed by atoms with Gasteiger partial charge in [0.2, 0.25) is 0 Å². The second kappa shape index (κ2) is 10.4. The van der Waals surface area contributed by atoms with Gasteiger partial charge in [-0.2, -0.15) is 0 Å². The summed E-state index contributed by atoms with van der Waals surface area (Å²) in [6.07, 6.45) is 9.15.